The monoisotopic (exact) mass is 499 g/mol. The second-order valence-corrected chi connectivity index (χ2v) is 8.83. The van der Waals surface area contributed by atoms with Gasteiger partial charge in [-0.2, -0.15) is 0 Å². The molecule has 180 valence electrons. The molecule has 1 aliphatic rings. The molecule has 0 bridgehead atoms. The van der Waals surface area contributed by atoms with Crippen molar-refractivity contribution in [3.05, 3.63) is 112 Å². The van der Waals surface area contributed by atoms with Gasteiger partial charge in [0.25, 0.3) is 11.1 Å². The number of ether oxygens (including phenoxy) is 1. The lowest BCUT2D eigenvalue weighted by Crippen LogP contribution is -2.27. The Bertz CT molecular complexity index is 1390. The molecule has 1 aliphatic heterocycles. The molecule has 1 N–H and O–H groups in total. The second-order valence-electron chi connectivity index (χ2n) is 7.84. The molecular weight excluding hydrogens is 478 g/mol. The summed E-state index contributed by atoms with van der Waals surface area (Å²) >= 11 is 0.867. The van der Waals surface area contributed by atoms with Crippen LogP contribution in [0.2, 0.25) is 0 Å². The number of esters is 1. The number of phenolic OH excluding ortho intramolecular Hbond substituents is 1. The predicted octanol–water partition coefficient (Wildman–Crippen LogP) is 5.31. The standard InChI is InChI=1S/C28H21NO6S/c1-35-27(33)21-13-10-20(11-14-21)17-29-26(32)25(36-28(29)34)16-19-8-6-18(7-9-19)12-15-24(31)22-4-2-3-5-23(22)30/h2-16,30H,17H2,1H3/b15-12+,25-16-. The van der Waals surface area contributed by atoms with Crippen molar-refractivity contribution < 1.29 is 29.0 Å². The molecule has 0 spiro atoms. The minimum atomic E-state index is -0.459. The van der Waals surface area contributed by atoms with Gasteiger partial charge in [-0.05, 0) is 64.9 Å². The highest BCUT2D eigenvalue weighted by atomic mass is 32.2. The molecule has 1 fully saturated rings. The molecule has 0 radical (unpaired) electrons. The Kier molecular flexibility index (Phi) is 7.46. The van der Waals surface area contributed by atoms with Gasteiger partial charge >= 0.3 is 5.97 Å². The number of imide groups is 1. The first-order valence-electron chi connectivity index (χ1n) is 10.9. The Hall–Kier alpha value is -4.43. The number of amides is 2. The van der Waals surface area contributed by atoms with E-state index in [1.807, 2.05) is 0 Å². The van der Waals surface area contributed by atoms with Crippen molar-refractivity contribution in [3.8, 4) is 5.75 Å². The zero-order chi connectivity index (χ0) is 25.7. The number of carbonyl (C=O) groups is 4. The van der Waals surface area contributed by atoms with Crippen LogP contribution in [0.3, 0.4) is 0 Å². The maximum Gasteiger partial charge on any atom is 0.337 e. The summed E-state index contributed by atoms with van der Waals surface area (Å²) in [7, 11) is 1.30. The first kappa shape index (κ1) is 24.7. The smallest absolute Gasteiger partial charge is 0.337 e. The minimum Gasteiger partial charge on any atom is -0.507 e. The molecule has 3 aromatic carbocycles. The molecule has 0 saturated carbocycles. The Labute approximate surface area is 211 Å². The van der Waals surface area contributed by atoms with Crippen LogP contribution in [0.1, 0.15) is 37.4 Å². The number of thioether (sulfide) groups is 1. The molecule has 4 rings (SSSR count). The number of methoxy groups -OCH3 is 1. The number of ketones is 1. The molecule has 36 heavy (non-hydrogen) atoms. The van der Waals surface area contributed by atoms with Gasteiger partial charge in [-0.15, -0.1) is 0 Å². The van der Waals surface area contributed by atoms with Crippen LogP contribution in [0.5, 0.6) is 5.75 Å². The quantitative estimate of drug-likeness (QED) is 0.267. The number of benzene rings is 3. The Morgan fingerprint density at radius 1 is 0.944 bits per heavy atom. The highest BCUT2D eigenvalue weighted by molar-refractivity contribution is 8.18. The van der Waals surface area contributed by atoms with E-state index in [-0.39, 0.29) is 34.8 Å². The fraction of sp³-hybridized carbons (Fsp3) is 0.0714. The molecule has 3 aromatic rings. The lowest BCUT2D eigenvalue weighted by atomic mass is 10.1. The number of hydrogen-bond acceptors (Lipinski definition) is 7. The van der Waals surface area contributed by atoms with E-state index in [4.69, 9.17) is 0 Å². The van der Waals surface area contributed by atoms with Gasteiger partial charge in [-0.1, -0.05) is 54.6 Å². The SMILES string of the molecule is COC(=O)c1ccc(CN2C(=O)S/C(=C\c3ccc(/C=C/C(=O)c4ccccc4O)cc3)C2=O)cc1. The first-order chi connectivity index (χ1) is 17.4. The molecule has 1 saturated heterocycles. The van der Waals surface area contributed by atoms with E-state index in [1.165, 1.54) is 19.3 Å². The average Bonchev–Trinajstić information content (AvgIpc) is 3.15. The number of hydrogen-bond donors (Lipinski definition) is 1. The number of phenols is 1. The zero-order valence-corrected chi connectivity index (χ0v) is 20.0. The van der Waals surface area contributed by atoms with Gasteiger partial charge in [0.1, 0.15) is 5.75 Å². The van der Waals surface area contributed by atoms with Gasteiger partial charge in [0, 0.05) is 0 Å². The molecule has 7 nitrogen and oxygen atoms in total. The van der Waals surface area contributed by atoms with Crippen molar-refractivity contribution in [3.63, 3.8) is 0 Å². The summed E-state index contributed by atoms with van der Waals surface area (Å²) in [5.74, 6) is -1.24. The van der Waals surface area contributed by atoms with Gasteiger partial charge < -0.3 is 9.84 Å². The largest absolute Gasteiger partial charge is 0.507 e. The van der Waals surface area contributed by atoms with Crippen LogP contribution < -0.4 is 0 Å². The summed E-state index contributed by atoms with van der Waals surface area (Å²) in [6, 6.07) is 20.0. The highest BCUT2D eigenvalue weighted by Crippen LogP contribution is 2.33. The molecule has 0 unspecified atom stereocenters. The number of aromatic hydroxyl groups is 1. The maximum atomic E-state index is 12.8. The van der Waals surface area contributed by atoms with E-state index in [9.17, 15) is 24.3 Å². The van der Waals surface area contributed by atoms with Crippen LogP contribution in [-0.4, -0.2) is 40.0 Å². The van der Waals surface area contributed by atoms with Crippen LogP contribution in [0.25, 0.3) is 12.2 Å². The zero-order valence-electron chi connectivity index (χ0n) is 19.2. The van der Waals surface area contributed by atoms with Crippen LogP contribution in [0.4, 0.5) is 4.79 Å². The topological polar surface area (TPSA) is 101 Å². The maximum absolute atomic E-state index is 12.8. The van der Waals surface area contributed by atoms with Crippen LogP contribution in [-0.2, 0) is 16.1 Å². The Morgan fingerprint density at radius 3 is 2.28 bits per heavy atom. The second kappa shape index (κ2) is 10.9. The molecule has 2 amide bonds. The fourth-order valence-corrected chi connectivity index (χ4v) is 4.32. The third kappa shape index (κ3) is 5.61. The summed E-state index contributed by atoms with van der Waals surface area (Å²) in [4.78, 5) is 50.6. The van der Waals surface area contributed by atoms with Gasteiger partial charge in [-0.25, -0.2) is 4.79 Å². The third-order valence-corrected chi connectivity index (χ3v) is 6.33. The van der Waals surface area contributed by atoms with Gasteiger partial charge in [0.05, 0.1) is 29.7 Å². The van der Waals surface area contributed by atoms with E-state index < -0.39 is 5.97 Å². The number of carbonyl (C=O) groups excluding carboxylic acids is 4. The number of rotatable bonds is 7. The van der Waals surface area contributed by atoms with Crippen LogP contribution in [0.15, 0.2) is 83.8 Å². The van der Waals surface area contributed by atoms with Crippen molar-refractivity contribution in [2.45, 2.75) is 6.54 Å². The molecule has 0 aliphatic carbocycles. The third-order valence-electron chi connectivity index (χ3n) is 5.42. The predicted molar refractivity (Wildman–Crippen MR) is 137 cm³/mol. The van der Waals surface area contributed by atoms with Gasteiger partial charge in [0.2, 0.25) is 0 Å². The van der Waals surface area contributed by atoms with Crippen molar-refractivity contribution in [2.75, 3.05) is 7.11 Å². The Balaban J connectivity index is 1.41. The van der Waals surface area contributed by atoms with Crippen molar-refractivity contribution >= 4 is 46.8 Å². The van der Waals surface area contributed by atoms with E-state index in [0.29, 0.717) is 16.0 Å². The van der Waals surface area contributed by atoms with E-state index in [1.54, 1.807) is 78.9 Å². The summed E-state index contributed by atoms with van der Waals surface area (Å²) in [5.41, 5.74) is 2.81. The molecule has 0 atom stereocenters. The van der Waals surface area contributed by atoms with E-state index >= 15 is 0 Å². The first-order valence-corrected chi connectivity index (χ1v) is 11.7. The lowest BCUT2D eigenvalue weighted by molar-refractivity contribution is -0.123. The normalized spacial score (nSPS) is 14.6. The van der Waals surface area contributed by atoms with Crippen LogP contribution in [0, 0.1) is 0 Å². The summed E-state index contributed by atoms with van der Waals surface area (Å²) < 4.78 is 4.67. The van der Waals surface area contributed by atoms with Crippen molar-refractivity contribution in [1.82, 2.24) is 4.90 Å². The highest BCUT2D eigenvalue weighted by Gasteiger charge is 2.35. The van der Waals surface area contributed by atoms with Crippen molar-refractivity contribution in [1.29, 1.82) is 0 Å². The summed E-state index contributed by atoms with van der Waals surface area (Å²) in [5, 5.41) is 9.43. The molecule has 8 heteroatoms. The van der Waals surface area contributed by atoms with Gasteiger partial charge in [0.15, 0.2) is 5.78 Å². The minimum absolute atomic E-state index is 0.0744. The van der Waals surface area contributed by atoms with Gasteiger partial charge in [-0.3, -0.25) is 19.3 Å². The summed E-state index contributed by atoms with van der Waals surface area (Å²) in [6.45, 7) is 0.0954. The number of nitrogens with zero attached hydrogens (tertiary/aromatic N) is 1. The molecule has 1 heterocycles. The van der Waals surface area contributed by atoms with E-state index in [2.05, 4.69) is 4.74 Å². The number of para-hydroxylation sites is 1. The fourth-order valence-electron chi connectivity index (χ4n) is 3.48. The summed E-state index contributed by atoms with van der Waals surface area (Å²) in [6.07, 6.45) is 4.66. The van der Waals surface area contributed by atoms with Crippen molar-refractivity contribution in [2.24, 2.45) is 0 Å². The lowest BCUT2D eigenvalue weighted by Gasteiger charge is -2.12. The van der Waals surface area contributed by atoms with E-state index in [0.717, 1.165) is 27.8 Å². The Morgan fingerprint density at radius 2 is 1.61 bits per heavy atom. The number of allylic oxidation sites excluding steroid dienone is 1. The molecule has 0 aromatic heterocycles. The molecular formula is C28H21NO6S. The average molecular weight is 500 g/mol. The van der Waals surface area contributed by atoms with Crippen LogP contribution >= 0.6 is 11.8 Å².